The van der Waals surface area contributed by atoms with E-state index >= 15 is 0 Å². The van der Waals surface area contributed by atoms with Crippen LogP contribution in [-0.2, 0) is 6.42 Å². The lowest BCUT2D eigenvalue weighted by molar-refractivity contribution is 0.0916. The zero-order chi connectivity index (χ0) is 12.0. The van der Waals surface area contributed by atoms with E-state index in [0.717, 1.165) is 17.0 Å². The fourth-order valence-corrected chi connectivity index (χ4v) is 5.18. The molecule has 17 heavy (non-hydrogen) atoms. The van der Waals surface area contributed by atoms with Gasteiger partial charge in [-0.25, -0.2) is 4.98 Å². The van der Waals surface area contributed by atoms with Gasteiger partial charge in [0, 0.05) is 6.42 Å². The van der Waals surface area contributed by atoms with Crippen LogP contribution in [0.4, 0.5) is 0 Å². The number of ketones is 1. The Balaban J connectivity index is 1.94. The molecule has 1 atom stereocenters. The van der Waals surface area contributed by atoms with E-state index in [1.165, 1.54) is 23.6 Å². The third-order valence-electron chi connectivity index (χ3n) is 3.46. The summed E-state index contributed by atoms with van der Waals surface area (Å²) >= 11 is 3.66. The van der Waals surface area contributed by atoms with Crippen molar-refractivity contribution in [2.24, 2.45) is 5.41 Å². The minimum absolute atomic E-state index is 0.0955. The zero-order valence-corrected chi connectivity index (χ0v) is 11.9. The molecule has 0 saturated carbocycles. The predicted molar refractivity (Wildman–Crippen MR) is 73.0 cm³/mol. The van der Waals surface area contributed by atoms with Gasteiger partial charge in [-0.15, -0.1) is 11.3 Å². The Morgan fingerprint density at radius 1 is 1.35 bits per heavy atom. The summed E-state index contributed by atoms with van der Waals surface area (Å²) in [5, 5.41) is 1.75. The molecule has 2 nitrogen and oxygen atoms in total. The van der Waals surface area contributed by atoms with Crippen molar-refractivity contribution >= 4 is 28.9 Å². The van der Waals surface area contributed by atoms with E-state index in [0.29, 0.717) is 17.5 Å². The van der Waals surface area contributed by atoms with E-state index in [9.17, 15) is 4.79 Å². The van der Waals surface area contributed by atoms with Gasteiger partial charge < -0.3 is 0 Å². The Hall–Kier alpha value is -0.350. The second-order valence-electron chi connectivity index (χ2n) is 5.77. The van der Waals surface area contributed by atoms with Crippen molar-refractivity contribution in [3.8, 4) is 0 Å². The van der Waals surface area contributed by atoms with Gasteiger partial charge in [0.2, 0.25) is 0 Å². The predicted octanol–water partition coefficient (Wildman–Crippen LogP) is 3.87. The average Bonchev–Trinajstić information content (AvgIpc) is 2.81. The first-order chi connectivity index (χ1) is 8.05. The molecule has 1 aliphatic heterocycles. The molecular weight excluding hydrogens is 250 g/mol. The van der Waals surface area contributed by atoms with E-state index < -0.39 is 0 Å². The molecule has 1 unspecified atom stereocenters. The highest BCUT2D eigenvalue weighted by atomic mass is 32.2. The molecule has 0 bridgehead atoms. The van der Waals surface area contributed by atoms with Crippen LogP contribution in [0.25, 0.3) is 0 Å². The van der Waals surface area contributed by atoms with Crippen LogP contribution in [0.5, 0.6) is 0 Å². The van der Waals surface area contributed by atoms with Crippen LogP contribution in [0.15, 0.2) is 0 Å². The molecular formula is C13H17NOS2. The van der Waals surface area contributed by atoms with Crippen molar-refractivity contribution in [1.29, 1.82) is 0 Å². The van der Waals surface area contributed by atoms with E-state index in [1.54, 1.807) is 11.3 Å². The summed E-state index contributed by atoms with van der Waals surface area (Å²) in [4.78, 5) is 17.8. The Labute approximate surface area is 110 Å². The van der Waals surface area contributed by atoms with Crippen molar-refractivity contribution < 1.29 is 4.79 Å². The van der Waals surface area contributed by atoms with E-state index in [2.05, 4.69) is 13.8 Å². The summed E-state index contributed by atoms with van der Waals surface area (Å²) in [5.74, 6) is 1.55. The SMILES string of the molecule is CC1(C)CC(=O)c2sc(C3CCCS3)nc2C1. The highest BCUT2D eigenvalue weighted by Crippen LogP contribution is 2.44. The lowest BCUT2D eigenvalue weighted by atomic mass is 9.78. The topological polar surface area (TPSA) is 30.0 Å². The molecule has 0 amide bonds. The molecule has 1 aromatic heterocycles. The number of carbonyl (C=O) groups excluding carboxylic acids is 1. The normalized spacial score (nSPS) is 27.2. The number of rotatable bonds is 1. The first-order valence-corrected chi connectivity index (χ1v) is 8.06. The van der Waals surface area contributed by atoms with Gasteiger partial charge in [-0.3, -0.25) is 4.79 Å². The first-order valence-electron chi connectivity index (χ1n) is 6.20. The van der Waals surface area contributed by atoms with Gasteiger partial charge in [-0.05, 0) is 30.4 Å². The van der Waals surface area contributed by atoms with Crippen LogP contribution in [0, 0.1) is 5.41 Å². The third kappa shape index (κ3) is 2.17. The fourth-order valence-electron chi connectivity index (χ4n) is 2.65. The maximum Gasteiger partial charge on any atom is 0.175 e. The summed E-state index contributed by atoms with van der Waals surface area (Å²) < 4.78 is 0. The highest BCUT2D eigenvalue weighted by molar-refractivity contribution is 7.99. The van der Waals surface area contributed by atoms with Crippen molar-refractivity contribution in [1.82, 2.24) is 4.98 Å². The smallest absolute Gasteiger partial charge is 0.175 e. The van der Waals surface area contributed by atoms with Crippen LogP contribution in [0.3, 0.4) is 0 Å². The molecule has 0 radical (unpaired) electrons. The molecule has 0 N–H and O–H groups in total. The molecule has 1 aliphatic carbocycles. The van der Waals surface area contributed by atoms with Gasteiger partial charge in [-0.2, -0.15) is 11.8 Å². The number of hydrogen-bond donors (Lipinski definition) is 0. The third-order valence-corrected chi connectivity index (χ3v) is 6.24. The van der Waals surface area contributed by atoms with Gasteiger partial charge in [-0.1, -0.05) is 13.8 Å². The molecule has 4 heteroatoms. The number of aromatic nitrogens is 1. The Morgan fingerprint density at radius 3 is 2.88 bits per heavy atom. The standard InChI is InChI=1S/C13H17NOS2/c1-13(2)6-8-11(9(15)7-13)17-12(14-8)10-4-3-5-16-10/h10H,3-7H2,1-2H3. The first kappa shape index (κ1) is 11.7. The molecule has 2 aliphatic rings. The van der Waals surface area contributed by atoms with Gasteiger partial charge in [0.05, 0.1) is 15.8 Å². The lowest BCUT2D eigenvalue weighted by Gasteiger charge is -2.26. The van der Waals surface area contributed by atoms with Crippen LogP contribution >= 0.6 is 23.1 Å². The van der Waals surface area contributed by atoms with Crippen LogP contribution < -0.4 is 0 Å². The second kappa shape index (κ2) is 4.09. The average molecular weight is 267 g/mol. The molecule has 1 fully saturated rings. The minimum atomic E-state index is 0.0955. The Kier molecular flexibility index (Phi) is 2.82. The zero-order valence-electron chi connectivity index (χ0n) is 10.3. The molecule has 0 spiro atoms. The van der Waals surface area contributed by atoms with Crippen LogP contribution in [-0.4, -0.2) is 16.5 Å². The van der Waals surface area contributed by atoms with E-state index in [4.69, 9.17) is 4.98 Å². The van der Waals surface area contributed by atoms with Crippen LogP contribution in [0.2, 0.25) is 0 Å². The van der Waals surface area contributed by atoms with E-state index in [1.807, 2.05) is 11.8 Å². The Morgan fingerprint density at radius 2 is 2.18 bits per heavy atom. The number of hydrogen-bond acceptors (Lipinski definition) is 4. The second-order valence-corrected chi connectivity index (χ2v) is 8.11. The maximum absolute atomic E-state index is 12.1. The van der Waals surface area contributed by atoms with Crippen molar-refractivity contribution in [3.05, 3.63) is 15.6 Å². The van der Waals surface area contributed by atoms with Crippen molar-refractivity contribution in [2.75, 3.05) is 5.75 Å². The molecule has 92 valence electrons. The number of thiazole rings is 1. The number of carbonyl (C=O) groups is 1. The largest absolute Gasteiger partial charge is 0.293 e. The van der Waals surface area contributed by atoms with Gasteiger partial charge in [0.1, 0.15) is 5.01 Å². The molecule has 1 saturated heterocycles. The fraction of sp³-hybridized carbons (Fsp3) is 0.692. The van der Waals surface area contributed by atoms with E-state index in [-0.39, 0.29) is 5.41 Å². The number of fused-ring (bicyclic) bond motifs is 1. The monoisotopic (exact) mass is 267 g/mol. The molecule has 1 aromatic rings. The van der Waals surface area contributed by atoms with Crippen molar-refractivity contribution in [3.63, 3.8) is 0 Å². The van der Waals surface area contributed by atoms with Crippen LogP contribution in [0.1, 0.15) is 58.7 Å². The highest BCUT2D eigenvalue weighted by Gasteiger charge is 2.35. The summed E-state index contributed by atoms with van der Waals surface area (Å²) in [6.45, 7) is 4.33. The number of Topliss-reactive ketones (excluding diaryl/α,β-unsaturated/α-hetero) is 1. The molecule has 3 rings (SSSR count). The minimum Gasteiger partial charge on any atom is -0.293 e. The summed E-state index contributed by atoms with van der Waals surface area (Å²) in [6, 6.07) is 0. The Bertz CT molecular complexity index is 458. The number of nitrogens with zero attached hydrogens (tertiary/aromatic N) is 1. The quantitative estimate of drug-likeness (QED) is 0.773. The van der Waals surface area contributed by atoms with Gasteiger partial charge in [0.25, 0.3) is 0 Å². The van der Waals surface area contributed by atoms with Gasteiger partial charge >= 0.3 is 0 Å². The lowest BCUT2D eigenvalue weighted by Crippen LogP contribution is -2.26. The summed E-state index contributed by atoms with van der Waals surface area (Å²) in [7, 11) is 0. The summed E-state index contributed by atoms with van der Waals surface area (Å²) in [6.07, 6.45) is 4.16. The molecule has 2 heterocycles. The number of thioether (sulfide) groups is 1. The molecule has 0 aromatic carbocycles. The maximum atomic E-state index is 12.1. The van der Waals surface area contributed by atoms with Crippen molar-refractivity contribution in [2.45, 2.75) is 44.8 Å². The van der Waals surface area contributed by atoms with Gasteiger partial charge in [0.15, 0.2) is 5.78 Å². The summed E-state index contributed by atoms with van der Waals surface area (Å²) in [5.41, 5.74) is 1.16.